The molecule has 3 aromatic rings. The Hall–Kier alpha value is -3.89. The topological polar surface area (TPSA) is 109 Å². The molecule has 0 unspecified atom stereocenters. The Morgan fingerprint density at radius 2 is 1.79 bits per heavy atom. The maximum absolute atomic E-state index is 14.4. The van der Waals surface area contributed by atoms with Gasteiger partial charge >= 0.3 is 6.09 Å². The number of nitrogens with zero attached hydrogens (tertiary/aromatic N) is 7. The van der Waals surface area contributed by atoms with E-state index in [0.29, 0.717) is 55.9 Å². The second-order valence-corrected chi connectivity index (χ2v) is 10.9. The number of pyridine rings is 1. The quantitative estimate of drug-likeness (QED) is 0.515. The summed E-state index contributed by atoms with van der Waals surface area (Å²) in [7, 11) is 0. The van der Waals surface area contributed by atoms with Gasteiger partial charge in [-0.25, -0.2) is 19.2 Å². The van der Waals surface area contributed by atoms with E-state index < -0.39 is 5.60 Å². The van der Waals surface area contributed by atoms with Gasteiger partial charge in [0.15, 0.2) is 0 Å². The van der Waals surface area contributed by atoms with Gasteiger partial charge in [-0.15, -0.1) is 10.2 Å². The van der Waals surface area contributed by atoms with Crippen LogP contribution in [0.25, 0.3) is 11.3 Å². The van der Waals surface area contributed by atoms with Crippen LogP contribution in [0.4, 0.5) is 21.0 Å². The SMILES string of the molecule is CC(C)(C)OC(=O)N1CCN(c2ncc(-c3ccc(NCC4(c5ncccc5F)CCC4)nn3)cn2)CC1. The van der Waals surface area contributed by atoms with Crippen LogP contribution in [-0.2, 0) is 10.2 Å². The first-order valence-electron chi connectivity index (χ1n) is 13.0. The van der Waals surface area contributed by atoms with E-state index in [-0.39, 0.29) is 17.3 Å². The minimum atomic E-state index is -0.512. The summed E-state index contributed by atoms with van der Waals surface area (Å²) in [6.07, 6.45) is 7.64. The van der Waals surface area contributed by atoms with Gasteiger partial charge in [-0.05, 0) is 57.9 Å². The average Bonchev–Trinajstić information content (AvgIpc) is 2.89. The van der Waals surface area contributed by atoms with Crippen LogP contribution in [0.1, 0.15) is 45.7 Å². The lowest BCUT2D eigenvalue weighted by Crippen LogP contribution is -2.50. The number of carbonyl (C=O) groups excluding carboxylic acids is 1. The summed E-state index contributed by atoms with van der Waals surface area (Å²) in [5.41, 5.74) is 1.11. The Balaban J connectivity index is 1.16. The number of rotatable bonds is 6. The molecule has 0 atom stereocenters. The smallest absolute Gasteiger partial charge is 0.410 e. The van der Waals surface area contributed by atoms with Gasteiger partial charge in [0.25, 0.3) is 0 Å². The number of ether oxygens (including phenoxy) is 1. The van der Waals surface area contributed by atoms with Crippen LogP contribution in [0.5, 0.6) is 0 Å². The highest BCUT2D eigenvalue weighted by atomic mass is 19.1. The largest absolute Gasteiger partial charge is 0.444 e. The summed E-state index contributed by atoms with van der Waals surface area (Å²) in [5, 5.41) is 11.9. The Morgan fingerprint density at radius 3 is 2.37 bits per heavy atom. The highest BCUT2D eigenvalue weighted by molar-refractivity contribution is 5.68. The Kier molecular flexibility index (Phi) is 7.09. The second-order valence-electron chi connectivity index (χ2n) is 10.9. The average molecular weight is 521 g/mol. The van der Waals surface area contributed by atoms with Gasteiger partial charge in [-0.1, -0.05) is 6.42 Å². The molecular formula is C27H33FN8O2. The summed E-state index contributed by atoms with van der Waals surface area (Å²) in [6.45, 7) is 8.49. The van der Waals surface area contributed by atoms with E-state index in [0.717, 1.165) is 24.8 Å². The maximum Gasteiger partial charge on any atom is 0.410 e. The molecule has 2 aliphatic rings. The van der Waals surface area contributed by atoms with Crippen molar-refractivity contribution in [1.82, 2.24) is 30.0 Å². The third kappa shape index (κ3) is 5.66. The molecule has 1 saturated carbocycles. The molecule has 5 rings (SSSR count). The van der Waals surface area contributed by atoms with E-state index in [1.54, 1.807) is 29.6 Å². The highest BCUT2D eigenvalue weighted by Crippen LogP contribution is 2.43. The highest BCUT2D eigenvalue weighted by Gasteiger charge is 2.41. The predicted octanol–water partition coefficient (Wildman–Crippen LogP) is 4.06. The molecule has 38 heavy (non-hydrogen) atoms. The molecule has 11 heteroatoms. The fourth-order valence-corrected chi connectivity index (χ4v) is 4.75. The minimum Gasteiger partial charge on any atom is -0.444 e. The van der Waals surface area contributed by atoms with Crippen molar-refractivity contribution < 1.29 is 13.9 Å². The second kappa shape index (κ2) is 10.5. The summed E-state index contributed by atoms with van der Waals surface area (Å²) in [6, 6.07) is 6.80. The van der Waals surface area contributed by atoms with Gasteiger partial charge in [0.1, 0.15) is 17.2 Å². The van der Waals surface area contributed by atoms with E-state index in [1.165, 1.54) is 6.07 Å². The molecule has 3 aromatic heterocycles. The molecule has 0 aromatic carbocycles. The number of halogens is 1. The predicted molar refractivity (Wildman–Crippen MR) is 141 cm³/mol. The van der Waals surface area contributed by atoms with Crippen LogP contribution in [-0.4, -0.2) is 74.5 Å². The van der Waals surface area contributed by atoms with Crippen LogP contribution in [0.3, 0.4) is 0 Å². The zero-order chi connectivity index (χ0) is 26.8. The minimum absolute atomic E-state index is 0.260. The number of hydrogen-bond acceptors (Lipinski definition) is 9. The molecule has 200 valence electrons. The van der Waals surface area contributed by atoms with Gasteiger partial charge in [0.2, 0.25) is 5.95 Å². The molecule has 1 aliphatic carbocycles. The van der Waals surface area contributed by atoms with Crippen molar-refractivity contribution in [3.05, 3.63) is 54.4 Å². The first kappa shape index (κ1) is 25.7. The van der Waals surface area contributed by atoms with Crippen molar-refractivity contribution in [1.29, 1.82) is 0 Å². The lowest BCUT2D eigenvalue weighted by molar-refractivity contribution is 0.0240. The van der Waals surface area contributed by atoms with Gasteiger partial charge in [-0.2, -0.15) is 0 Å². The van der Waals surface area contributed by atoms with Gasteiger partial charge < -0.3 is 19.9 Å². The molecule has 1 N–H and O–H groups in total. The standard InChI is InChI=1S/C27H33FN8O2/c1-26(2,3)38-25(37)36-14-12-35(13-15-36)24-30-16-19(17-31-24)21-7-8-22(34-33-21)32-18-27(9-5-10-27)23-20(28)6-4-11-29-23/h4,6-8,11,16-17H,5,9-10,12-15,18H2,1-3H3,(H,32,34). The monoisotopic (exact) mass is 520 g/mol. The maximum atomic E-state index is 14.4. The molecule has 1 aliphatic heterocycles. The Morgan fingerprint density at radius 1 is 1.05 bits per heavy atom. The summed E-state index contributed by atoms with van der Waals surface area (Å²) < 4.78 is 19.8. The van der Waals surface area contributed by atoms with E-state index in [4.69, 9.17) is 4.74 Å². The molecule has 1 saturated heterocycles. The third-order valence-corrected chi connectivity index (χ3v) is 6.99. The van der Waals surface area contributed by atoms with Crippen molar-refractivity contribution in [3.8, 4) is 11.3 Å². The van der Waals surface area contributed by atoms with Crippen LogP contribution >= 0.6 is 0 Å². The Labute approximate surface area is 221 Å². The first-order chi connectivity index (χ1) is 18.2. The van der Waals surface area contributed by atoms with E-state index in [1.807, 2.05) is 37.8 Å². The van der Waals surface area contributed by atoms with E-state index >= 15 is 0 Å². The first-order valence-corrected chi connectivity index (χ1v) is 13.0. The van der Waals surface area contributed by atoms with Crippen LogP contribution < -0.4 is 10.2 Å². The molecule has 4 heterocycles. The fraction of sp³-hybridized carbons (Fsp3) is 0.481. The van der Waals surface area contributed by atoms with Crippen molar-refractivity contribution in [3.63, 3.8) is 0 Å². The summed E-state index contributed by atoms with van der Waals surface area (Å²) >= 11 is 0. The summed E-state index contributed by atoms with van der Waals surface area (Å²) in [5.74, 6) is 0.969. The normalized spacial score (nSPS) is 17.1. The Bertz CT molecular complexity index is 1250. The van der Waals surface area contributed by atoms with Gasteiger partial charge in [0, 0.05) is 62.3 Å². The summed E-state index contributed by atoms with van der Waals surface area (Å²) in [4.78, 5) is 29.4. The molecular weight excluding hydrogens is 487 g/mol. The van der Waals surface area contributed by atoms with Crippen LogP contribution in [0.15, 0.2) is 42.9 Å². The number of carbonyl (C=O) groups is 1. The molecule has 2 fully saturated rings. The lowest BCUT2D eigenvalue weighted by atomic mass is 9.66. The van der Waals surface area contributed by atoms with E-state index in [9.17, 15) is 9.18 Å². The van der Waals surface area contributed by atoms with Gasteiger partial charge in [-0.3, -0.25) is 4.98 Å². The molecule has 1 amide bonds. The van der Waals surface area contributed by atoms with Crippen molar-refractivity contribution in [2.75, 3.05) is 42.9 Å². The van der Waals surface area contributed by atoms with E-state index in [2.05, 4.69) is 30.5 Å². The van der Waals surface area contributed by atoms with Crippen molar-refractivity contribution in [2.45, 2.75) is 51.0 Å². The van der Waals surface area contributed by atoms with Gasteiger partial charge in [0.05, 0.1) is 11.4 Å². The fourth-order valence-electron chi connectivity index (χ4n) is 4.75. The molecule has 0 spiro atoms. The van der Waals surface area contributed by atoms with Crippen LogP contribution in [0.2, 0.25) is 0 Å². The van der Waals surface area contributed by atoms with Crippen molar-refractivity contribution >= 4 is 17.9 Å². The number of nitrogens with one attached hydrogen (secondary N) is 1. The molecule has 0 radical (unpaired) electrons. The van der Waals surface area contributed by atoms with Crippen molar-refractivity contribution in [2.24, 2.45) is 0 Å². The zero-order valence-electron chi connectivity index (χ0n) is 22.0. The number of anilines is 2. The number of hydrogen-bond donors (Lipinski definition) is 1. The third-order valence-electron chi connectivity index (χ3n) is 6.99. The number of piperazine rings is 1. The zero-order valence-corrected chi connectivity index (χ0v) is 22.0. The molecule has 10 nitrogen and oxygen atoms in total. The lowest BCUT2D eigenvalue weighted by Gasteiger charge is -2.41. The van der Waals surface area contributed by atoms with Crippen LogP contribution in [0, 0.1) is 5.82 Å². The number of amides is 1. The number of aromatic nitrogens is 5. The molecule has 0 bridgehead atoms.